The van der Waals surface area contributed by atoms with Gasteiger partial charge in [-0.2, -0.15) is 0 Å². The number of halogens is 1. The van der Waals surface area contributed by atoms with Crippen molar-refractivity contribution in [1.29, 1.82) is 0 Å². The van der Waals surface area contributed by atoms with Crippen LogP contribution in [0.5, 0.6) is 0 Å². The number of carbonyl (C=O) groups is 1. The number of thiazole rings is 1. The average molecular weight is 459 g/mol. The van der Waals surface area contributed by atoms with Crippen molar-refractivity contribution in [2.24, 2.45) is 0 Å². The molecule has 8 nitrogen and oxygen atoms in total. The third-order valence-electron chi connectivity index (χ3n) is 3.79. The zero-order valence-corrected chi connectivity index (χ0v) is 16.4. The molecule has 2 amide bonds. The van der Waals surface area contributed by atoms with Crippen LogP contribution in [0, 0.1) is 10.1 Å². The minimum atomic E-state index is -0.502. The number of nitro groups is 1. The quantitative estimate of drug-likeness (QED) is 0.293. The molecular weight excluding hydrogens is 448 g/mol. The van der Waals surface area contributed by atoms with Crippen LogP contribution in [0.4, 0.5) is 21.3 Å². The Balaban J connectivity index is 1.45. The molecule has 4 rings (SSSR count). The van der Waals surface area contributed by atoms with Crippen LogP contribution >= 0.6 is 27.3 Å². The highest BCUT2D eigenvalue weighted by atomic mass is 79.9. The van der Waals surface area contributed by atoms with Crippen molar-refractivity contribution in [2.45, 2.75) is 0 Å². The van der Waals surface area contributed by atoms with Crippen LogP contribution in [0.2, 0.25) is 0 Å². The number of nitrogens with zero attached hydrogens (tertiary/aromatic N) is 2. The fourth-order valence-corrected chi connectivity index (χ4v) is 3.58. The van der Waals surface area contributed by atoms with Gasteiger partial charge in [-0.25, -0.2) is 9.78 Å². The molecule has 0 fully saturated rings. The van der Waals surface area contributed by atoms with Gasteiger partial charge in [0.1, 0.15) is 11.3 Å². The number of benzene rings is 2. The number of hydrogen-bond donors (Lipinski definition) is 2. The first-order chi connectivity index (χ1) is 13.5. The summed E-state index contributed by atoms with van der Waals surface area (Å²) in [7, 11) is 0. The standard InChI is InChI=1S/C18H11BrN4O4S/c19-11-1-6-15-10(7-11)8-16(27-15)14-9-28-18(21-14)22-17(24)20-12-2-4-13(5-3-12)23(25)26/h1-9H,(H2,20,21,22,24). The number of nitro benzene ring substituents is 1. The highest BCUT2D eigenvalue weighted by Gasteiger charge is 2.13. The van der Waals surface area contributed by atoms with Crippen molar-refractivity contribution in [3.05, 3.63) is 68.5 Å². The van der Waals surface area contributed by atoms with E-state index in [-0.39, 0.29) is 5.69 Å². The average Bonchev–Trinajstić information content (AvgIpc) is 3.28. The van der Waals surface area contributed by atoms with Crippen LogP contribution in [0.25, 0.3) is 22.4 Å². The number of anilines is 2. The molecule has 2 N–H and O–H groups in total. The van der Waals surface area contributed by atoms with E-state index in [1.807, 2.05) is 24.3 Å². The van der Waals surface area contributed by atoms with Crippen LogP contribution in [0.3, 0.4) is 0 Å². The fourth-order valence-electron chi connectivity index (χ4n) is 2.51. The van der Waals surface area contributed by atoms with E-state index < -0.39 is 11.0 Å². The van der Waals surface area contributed by atoms with Gasteiger partial charge in [0.15, 0.2) is 10.9 Å². The van der Waals surface area contributed by atoms with Crippen molar-refractivity contribution in [3.8, 4) is 11.5 Å². The molecule has 0 aliphatic rings. The smallest absolute Gasteiger partial charge is 0.325 e. The molecular formula is C18H11BrN4O4S. The number of carbonyl (C=O) groups excluding carboxylic acids is 1. The first kappa shape index (κ1) is 18.1. The van der Waals surface area contributed by atoms with E-state index in [1.165, 1.54) is 35.6 Å². The van der Waals surface area contributed by atoms with Crippen molar-refractivity contribution in [1.82, 2.24) is 4.98 Å². The lowest BCUT2D eigenvalue weighted by Gasteiger charge is -2.04. The summed E-state index contributed by atoms with van der Waals surface area (Å²) in [5.41, 5.74) is 1.75. The Morgan fingerprint density at radius 1 is 1.14 bits per heavy atom. The summed E-state index contributed by atoms with van der Waals surface area (Å²) in [6.07, 6.45) is 0. The van der Waals surface area contributed by atoms with E-state index in [1.54, 1.807) is 5.38 Å². The second-order valence-corrected chi connectivity index (χ2v) is 7.49. The monoisotopic (exact) mass is 458 g/mol. The molecule has 10 heteroatoms. The molecule has 28 heavy (non-hydrogen) atoms. The number of aromatic nitrogens is 1. The van der Waals surface area contributed by atoms with Crippen molar-refractivity contribution in [3.63, 3.8) is 0 Å². The van der Waals surface area contributed by atoms with E-state index in [4.69, 9.17) is 4.42 Å². The minimum Gasteiger partial charge on any atom is -0.454 e. The Kier molecular flexibility index (Phi) is 4.80. The Bertz CT molecular complexity index is 1190. The molecule has 0 saturated heterocycles. The summed E-state index contributed by atoms with van der Waals surface area (Å²) in [5.74, 6) is 0.605. The van der Waals surface area contributed by atoms with Gasteiger partial charge in [-0.1, -0.05) is 15.9 Å². The predicted octanol–water partition coefficient (Wildman–Crippen LogP) is 5.87. The van der Waals surface area contributed by atoms with Gasteiger partial charge in [-0.3, -0.25) is 15.4 Å². The van der Waals surface area contributed by atoms with Crippen LogP contribution in [-0.2, 0) is 0 Å². The lowest BCUT2D eigenvalue weighted by molar-refractivity contribution is -0.384. The predicted molar refractivity (Wildman–Crippen MR) is 111 cm³/mol. The van der Waals surface area contributed by atoms with Gasteiger partial charge in [-0.15, -0.1) is 11.3 Å². The number of nitrogens with one attached hydrogen (secondary N) is 2. The van der Waals surface area contributed by atoms with Gasteiger partial charge in [0.05, 0.1) is 4.92 Å². The summed E-state index contributed by atoms with van der Waals surface area (Å²) in [5, 5.41) is 19.0. The zero-order valence-electron chi connectivity index (χ0n) is 14.0. The number of hydrogen-bond acceptors (Lipinski definition) is 6. The molecule has 0 spiro atoms. The largest absolute Gasteiger partial charge is 0.454 e. The maximum Gasteiger partial charge on any atom is 0.325 e. The van der Waals surface area contributed by atoms with E-state index >= 15 is 0 Å². The SMILES string of the molecule is O=C(Nc1ccc([N+](=O)[O-])cc1)Nc1nc(-c2cc3cc(Br)ccc3o2)cs1. The first-order valence-electron chi connectivity index (χ1n) is 7.95. The van der Waals surface area contributed by atoms with Crippen LogP contribution in [0.15, 0.2) is 62.8 Å². The number of amides is 2. The molecule has 0 unspecified atom stereocenters. The number of non-ortho nitro benzene ring substituents is 1. The number of fused-ring (bicyclic) bond motifs is 1. The second-order valence-electron chi connectivity index (χ2n) is 5.71. The Hall–Kier alpha value is -3.24. The van der Waals surface area contributed by atoms with Crippen LogP contribution in [-0.4, -0.2) is 15.9 Å². The zero-order chi connectivity index (χ0) is 19.7. The summed E-state index contributed by atoms with van der Waals surface area (Å²) in [6.45, 7) is 0. The molecule has 0 saturated carbocycles. The minimum absolute atomic E-state index is 0.0478. The first-order valence-corrected chi connectivity index (χ1v) is 9.63. The number of rotatable bonds is 4. The molecule has 140 valence electrons. The Morgan fingerprint density at radius 2 is 1.93 bits per heavy atom. The van der Waals surface area contributed by atoms with Gasteiger partial charge in [-0.05, 0) is 36.4 Å². The van der Waals surface area contributed by atoms with Gasteiger partial charge >= 0.3 is 6.03 Å². The fraction of sp³-hybridized carbons (Fsp3) is 0. The van der Waals surface area contributed by atoms with Crippen LogP contribution < -0.4 is 10.6 Å². The summed E-state index contributed by atoms with van der Waals surface area (Å²) < 4.78 is 6.75. The van der Waals surface area contributed by atoms with Crippen LogP contribution in [0.1, 0.15) is 0 Å². The molecule has 0 bridgehead atoms. The van der Waals surface area contributed by atoms with E-state index in [2.05, 4.69) is 31.5 Å². The number of urea groups is 1. The maximum atomic E-state index is 12.1. The van der Waals surface area contributed by atoms with Crippen molar-refractivity contribution >= 4 is 60.8 Å². The van der Waals surface area contributed by atoms with Gasteiger partial charge < -0.3 is 9.73 Å². The number of furan rings is 1. The second kappa shape index (κ2) is 7.41. The molecule has 2 heterocycles. The molecule has 0 aliphatic carbocycles. The van der Waals surface area contributed by atoms with Crippen molar-refractivity contribution < 1.29 is 14.1 Å². The van der Waals surface area contributed by atoms with Gasteiger partial charge in [0.2, 0.25) is 0 Å². The molecule has 0 radical (unpaired) electrons. The summed E-state index contributed by atoms with van der Waals surface area (Å²) >= 11 is 4.69. The molecule has 4 aromatic rings. The van der Waals surface area contributed by atoms with E-state index in [0.717, 1.165) is 15.4 Å². The lowest BCUT2D eigenvalue weighted by atomic mass is 10.2. The maximum absolute atomic E-state index is 12.1. The molecule has 2 aromatic heterocycles. The Labute approximate surface area is 170 Å². The molecule has 2 aromatic carbocycles. The third kappa shape index (κ3) is 3.87. The highest BCUT2D eigenvalue weighted by molar-refractivity contribution is 9.10. The van der Waals surface area contributed by atoms with Gasteiger partial charge in [0, 0.05) is 33.1 Å². The molecule has 0 aliphatic heterocycles. The highest BCUT2D eigenvalue weighted by Crippen LogP contribution is 2.31. The summed E-state index contributed by atoms with van der Waals surface area (Å²) in [4.78, 5) is 26.6. The normalized spacial score (nSPS) is 10.8. The topological polar surface area (TPSA) is 110 Å². The lowest BCUT2D eigenvalue weighted by Crippen LogP contribution is -2.19. The molecule has 0 atom stereocenters. The third-order valence-corrected chi connectivity index (χ3v) is 5.04. The van der Waals surface area contributed by atoms with Gasteiger partial charge in [0.25, 0.3) is 5.69 Å². The Morgan fingerprint density at radius 3 is 2.68 bits per heavy atom. The summed E-state index contributed by atoms with van der Waals surface area (Å²) in [6, 6.07) is 12.6. The van der Waals surface area contributed by atoms with Crippen molar-refractivity contribution in [2.75, 3.05) is 10.6 Å². The van der Waals surface area contributed by atoms with E-state index in [0.29, 0.717) is 22.3 Å². The van der Waals surface area contributed by atoms with E-state index in [9.17, 15) is 14.9 Å².